The number of carbonyl (C=O) groups excluding carboxylic acids is 3. The molecule has 1 aromatic carbocycles. The van der Waals surface area contributed by atoms with Crippen LogP contribution in [0.15, 0.2) is 24.3 Å². The Morgan fingerprint density at radius 1 is 1.20 bits per heavy atom. The third-order valence-corrected chi connectivity index (χ3v) is 2.43. The number of carbonyl (C=O) groups is 3. The van der Waals surface area contributed by atoms with Gasteiger partial charge in [-0.1, -0.05) is 6.92 Å². The van der Waals surface area contributed by atoms with Gasteiger partial charge >= 0.3 is 11.8 Å². The lowest BCUT2D eigenvalue weighted by Gasteiger charge is -2.03. The molecule has 0 aromatic heterocycles. The van der Waals surface area contributed by atoms with Gasteiger partial charge in [0.25, 0.3) is 5.69 Å². The van der Waals surface area contributed by atoms with Gasteiger partial charge in [-0.25, -0.2) is 4.79 Å². The maximum absolute atomic E-state index is 11.3. The Morgan fingerprint density at radius 2 is 1.80 bits per heavy atom. The Balaban J connectivity index is 2.54. The summed E-state index contributed by atoms with van der Waals surface area (Å²) in [5, 5.41) is 10.4. The molecule has 0 aliphatic rings. The number of Topliss-reactive ketones (excluding diaryl/α,β-unsaturated/α-hetero) is 2. The molecule has 0 saturated heterocycles. The second-order valence-corrected chi connectivity index (χ2v) is 4.00. The average molecular weight is 279 g/mol. The van der Waals surface area contributed by atoms with E-state index in [2.05, 4.69) is 4.74 Å². The van der Waals surface area contributed by atoms with Crippen molar-refractivity contribution in [3.05, 3.63) is 39.9 Å². The first-order valence-electron chi connectivity index (χ1n) is 5.93. The van der Waals surface area contributed by atoms with E-state index in [1.807, 2.05) is 0 Å². The van der Waals surface area contributed by atoms with Crippen LogP contribution in [0.2, 0.25) is 0 Å². The quantitative estimate of drug-likeness (QED) is 0.247. The second-order valence-electron chi connectivity index (χ2n) is 4.00. The largest absolute Gasteiger partial charge is 0.455 e. The lowest BCUT2D eigenvalue weighted by atomic mass is 10.1. The molecule has 1 aromatic rings. The van der Waals surface area contributed by atoms with E-state index in [4.69, 9.17) is 0 Å². The van der Waals surface area contributed by atoms with Gasteiger partial charge in [-0.2, -0.15) is 0 Å². The molecule has 106 valence electrons. The van der Waals surface area contributed by atoms with Gasteiger partial charge < -0.3 is 4.74 Å². The lowest BCUT2D eigenvalue weighted by molar-refractivity contribution is -0.384. The molecule has 7 nitrogen and oxygen atoms in total. The molecule has 0 bridgehead atoms. The number of nitro benzene ring substituents is 1. The van der Waals surface area contributed by atoms with Gasteiger partial charge in [-0.15, -0.1) is 0 Å². The molecule has 20 heavy (non-hydrogen) atoms. The summed E-state index contributed by atoms with van der Waals surface area (Å²) in [7, 11) is 0. The average Bonchev–Trinajstić information content (AvgIpc) is 2.44. The monoisotopic (exact) mass is 279 g/mol. The van der Waals surface area contributed by atoms with Gasteiger partial charge in [0.2, 0.25) is 5.78 Å². The molecule has 0 amide bonds. The minimum absolute atomic E-state index is 0.00542. The highest BCUT2D eigenvalue weighted by atomic mass is 16.6. The Hall–Kier alpha value is -2.57. The van der Waals surface area contributed by atoms with Crippen molar-refractivity contribution in [2.75, 3.05) is 0 Å². The zero-order valence-corrected chi connectivity index (χ0v) is 10.8. The van der Waals surface area contributed by atoms with Crippen molar-refractivity contribution in [2.45, 2.75) is 26.4 Å². The maximum Gasteiger partial charge on any atom is 0.383 e. The summed E-state index contributed by atoms with van der Waals surface area (Å²) in [4.78, 5) is 43.7. The molecule has 0 atom stereocenters. The summed E-state index contributed by atoms with van der Waals surface area (Å²) in [5.41, 5.74) is 0.397. The molecule has 0 radical (unpaired) electrons. The maximum atomic E-state index is 11.3. The Morgan fingerprint density at radius 3 is 2.30 bits per heavy atom. The van der Waals surface area contributed by atoms with E-state index in [0.717, 1.165) is 0 Å². The first kappa shape index (κ1) is 15.5. The van der Waals surface area contributed by atoms with E-state index in [-0.39, 0.29) is 18.7 Å². The molecular weight excluding hydrogens is 266 g/mol. The molecule has 0 spiro atoms. The molecule has 0 saturated carbocycles. The number of non-ortho nitro benzene ring substituents is 1. The van der Waals surface area contributed by atoms with Crippen LogP contribution >= 0.6 is 0 Å². The lowest BCUT2D eigenvalue weighted by Crippen LogP contribution is -2.25. The molecular formula is C13H13NO6. The zero-order chi connectivity index (χ0) is 15.1. The van der Waals surface area contributed by atoms with Gasteiger partial charge in [0.15, 0.2) is 0 Å². The van der Waals surface area contributed by atoms with Crippen molar-refractivity contribution in [3.63, 3.8) is 0 Å². The number of ether oxygens (including phenoxy) is 1. The summed E-state index contributed by atoms with van der Waals surface area (Å²) in [6.07, 6.45) is 0.478. The number of hydrogen-bond acceptors (Lipinski definition) is 6. The van der Waals surface area contributed by atoms with Crippen LogP contribution in [-0.2, 0) is 25.7 Å². The number of nitro groups is 1. The molecule has 0 aliphatic carbocycles. The summed E-state index contributed by atoms with van der Waals surface area (Å²) in [6.45, 7) is 1.50. The van der Waals surface area contributed by atoms with Crippen LogP contribution in [0.1, 0.15) is 25.3 Å². The summed E-state index contributed by atoms with van der Waals surface area (Å²) in [5.74, 6) is -3.16. The van der Waals surface area contributed by atoms with E-state index in [1.165, 1.54) is 24.3 Å². The standard InChI is InChI=1S/C13H13NO6/c1-2-3-11(15)12(16)13(17)20-8-9-4-6-10(7-5-9)14(18)19/h4-7H,2-3,8H2,1H3. The van der Waals surface area contributed by atoms with Gasteiger partial charge in [-0.05, 0) is 24.1 Å². The van der Waals surface area contributed by atoms with Gasteiger partial charge in [0.05, 0.1) is 4.92 Å². The predicted octanol–water partition coefficient (Wildman–Crippen LogP) is 1.58. The molecule has 0 fully saturated rings. The fourth-order valence-corrected chi connectivity index (χ4v) is 1.38. The van der Waals surface area contributed by atoms with E-state index in [1.54, 1.807) is 6.92 Å². The molecule has 1 rings (SSSR count). The highest BCUT2D eigenvalue weighted by Gasteiger charge is 2.23. The topological polar surface area (TPSA) is 104 Å². The highest BCUT2D eigenvalue weighted by molar-refractivity contribution is 6.62. The van der Waals surface area contributed by atoms with E-state index >= 15 is 0 Å². The van der Waals surface area contributed by atoms with Crippen LogP contribution in [0.3, 0.4) is 0 Å². The second kappa shape index (κ2) is 7.13. The predicted molar refractivity (Wildman–Crippen MR) is 67.8 cm³/mol. The number of ketones is 2. The van der Waals surface area contributed by atoms with Crippen LogP contribution in [-0.4, -0.2) is 22.5 Å². The van der Waals surface area contributed by atoms with Crippen LogP contribution in [0, 0.1) is 10.1 Å². The van der Waals surface area contributed by atoms with Crippen LogP contribution in [0.5, 0.6) is 0 Å². The number of rotatable bonds is 7. The molecule has 0 N–H and O–H groups in total. The molecule has 0 heterocycles. The normalized spacial score (nSPS) is 9.85. The zero-order valence-electron chi connectivity index (χ0n) is 10.8. The fraction of sp³-hybridized carbons (Fsp3) is 0.308. The molecule has 0 aliphatic heterocycles. The van der Waals surface area contributed by atoms with Crippen molar-refractivity contribution in [1.82, 2.24) is 0 Å². The third kappa shape index (κ3) is 4.27. The minimum atomic E-state index is -1.21. The van der Waals surface area contributed by atoms with E-state index in [9.17, 15) is 24.5 Å². The Bertz CT molecular complexity index is 534. The first-order valence-corrected chi connectivity index (χ1v) is 5.93. The molecule has 0 unspecified atom stereocenters. The Kier molecular flexibility index (Phi) is 5.52. The van der Waals surface area contributed by atoms with Crippen molar-refractivity contribution < 1.29 is 24.0 Å². The van der Waals surface area contributed by atoms with Gasteiger partial charge in [0.1, 0.15) is 6.61 Å². The van der Waals surface area contributed by atoms with E-state index in [0.29, 0.717) is 12.0 Å². The smallest absolute Gasteiger partial charge is 0.383 e. The first-order chi connectivity index (χ1) is 9.45. The number of hydrogen-bond donors (Lipinski definition) is 0. The summed E-state index contributed by atoms with van der Waals surface area (Å²) >= 11 is 0. The minimum Gasteiger partial charge on any atom is -0.455 e. The van der Waals surface area contributed by atoms with Crippen LogP contribution in [0.25, 0.3) is 0 Å². The summed E-state index contributed by atoms with van der Waals surface area (Å²) in [6, 6.07) is 5.33. The van der Waals surface area contributed by atoms with Gasteiger partial charge in [-0.3, -0.25) is 19.7 Å². The van der Waals surface area contributed by atoms with Crippen molar-refractivity contribution in [2.24, 2.45) is 0 Å². The summed E-state index contributed by atoms with van der Waals surface area (Å²) < 4.78 is 4.68. The van der Waals surface area contributed by atoms with Gasteiger partial charge in [0, 0.05) is 18.6 Å². The van der Waals surface area contributed by atoms with Crippen LogP contribution in [0.4, 0.5) is 5.69 Å². The Labute approximate surface area is 114 Å². The van der Waals surface area contributed by atoms with E-state index < -0.39 is 22.5 Å². The number of nitrogens with zero attached hydrogens (tertiary/aromatic N) is 1. The molecule has 7 heteroatoms. The van der Waals surface area contributed by atoms with Crippen molar-refractivity contribution in [1.29, 1.82) is 0 Å². The number of esters is 1. The highest BCUT2D eigenvalue weighted by Crippen LogP contribution is 2.12. The van der Waals surface area contributed by atoms with Crippen molar-refractivity contribution in [3.8, 4) is 0 Å². The SMILES string of the molecule is CCCC(=O)C(=O)C(=O)OCc1ccc([N+](=O)[O-])cc1. The third-order valence-electron chi connectivity index (χ3n) is 2.43. The van der Waals surface area contributed by atoms with Crippen molar-refractivity contribution >= 4 is 23.2 Å². The van der Waals surface area contributed by atoms with Crippen LogP contribution < -0.4 is 0 Å². The number of benzene rings is 1. The fourth-order valence-electron chi connectivity index (χ4n) is 1.38.